The van der Waals surface area contributed by atoms with Crippen LogP contribution in [0, 0.1) is 5.92 Å². The van der Waals surface area contributed by atoms with Crippen molar-refractivity contribution in [1.82, 2.24) is 0 Å². The molecule has 0 aliphatic carbocycles. The molecule has 0 aliphatic heterocycles. The molecule has 0 spiro atoms. The van der Waals surface area contributed by atoms with Crippen LogP contribution < -0.4 is 0 Å². The molecule has 3 heteroatoms. The van der Waals surface area contributed by atoms with Crippen LogP contribution in [0.1, 0.15) is 25.8 Å². The Kier molecular flexibility index (Phi) is 3.45. The number of aliphatic carboxylic acids is 1. The van der Waals surface area contributed by atoms with Crippen LogP contribution in [-0.4, -0.2) is 11.1 Å². The lowest BCUT2D eigenvalue weighted by Crippen LogP contribution is -2.32. The van der Waals surface area contributed by atoms with Crippen LogP contribution in [0.5, 0.6) is 0 Å². The molecule has 15 heavy (non-hydrogen) atoms. The molecule has 0 aliphatic rings. The molecule has 82 valence electrons. The first-order valence-electron chi connectivity index (χ1n) is 4.94. The van der Waals surface area contributed by atoms with E-state index in [4.69, 9.17) is 5.11 Å². The van der Waals surface area contributed by atoms with Gasteiger partial charge in [0.1, 0.15) is 0 Å². The van der Waals surface area contributed by atoms with Crippen LogP contribution in [-0.2, 0) is 10.5 Å². The minimum absolute atomic E-state index is 0.00759. The fourth-order valence-corrected chi connectivity index (χ4v) is 1.59. The molecule has 0 saturated heterocycles. The fraction of sp³-hybridized carbons (Fsp3) is 0.417. The van der Waals surface area contributed by atoms with Gasteiger partial charge in [0.25, 0.3) is 0 Å². The van der Waals surface area contributed by atoms with Crippen molar-refractivity contribution < 1.29 is 14.3 Å². The average Bonchev–Trinajstić information content (AvgIpc) is 2.17. The molecule has 0 saturated carbocycles. The first-order chi connectivity index (χ1) is 6.97. The van der Waals surface area contributed by atoms with Gasteiger partial charge in [-0.3, -0.25) is 0 Å². The van der Waals surface area contributed by atoms with Crippen molar-refractivity contribution in [2.45, 2.75) is 25.9 Å². The van der Waals surface area contributed by atoms with E-state index in [0.29, 0.717) is 0 Å². The first-order valence-corrected chi connectivity index (χ1v) is 4.94. The molecule has 1 N–H and O–H groups in total. The van der Waals surface area contributed by atoms with Crippen LogP contribution >= 0.6 is 0 Å². The molecule has 1 aromatic carbocycles. The summed E-state index contributed by atoms with van der Waals surface area (Å²) in [6, 6.07) is 8.05. The van der Waals surface area contributed by atoms with Gasteiger partial charge in [-0.1, -0.05) is 44.2 Å². The summed E-state index contributed by atoms with van der Waals surface area (Å²) in [6.07, 6.45) is -0.00759. The lowest BCUT2D eigenvalue weighted by atomic mass is 9.87. The Morgan fingerprint density at radius 3 is 2.33 bits per heavy atom. The number of carboxylic acid groups (broad SMARTS) is 1. The summed E-state index contributed by atoms with van der Waals surface area (Å²) >= 11 is 0. The lowest BCUT2D eigenvalue weighted by molar-refractivity contribution is -0.153. The van der Waals surface area contributed by atoms with E-state index < -0.39 is 11.6 Å². The number of halogens is 1. The smallest absolute Gasteiger partial charge is 0.346 e. The van der Waals surface area contributed by atoms with Gasteiger partial charge in [-0.2, -0.15) is 0 Å². The summed E-state index contributed by atoms with van der Waals surface area (Å²) in [5.41, 5.74) is -2.05. The molecule has 0 radical (unpaired) electrons. The van der Waals surface area contributed by atoms with E-state index in [1.54, 1.807) is 32.0 Å². The zero-order valence-electron chi connectivity index (χ0n) is 8.90. The molecular formula is C12H15FO2. The number of hydrogen-bond acceptors (Lipinski definition) is 1. The summed E-state index contributed by atoms with van der Waals surface area (Å²) in [6.45, 7) is 3.61. The van der Waals surface area contributed by atoms with Gasteiger partial charge in [0.2, 0.25) is 5.67 Å². The molecule has 0 aromatic heterocycles. The van der Waals surface area contributed by atoms with E-state index in [0.717, 1.165) is 0 Å². The topological polar surface area (TPSA) is 37.3 Å². The first kappa shape index (κ1) is 11.7. The third-order valence-corrected chi connectivity index (χ3v) is 2.26. The maximum atomic E-state index is 14.3. The average molecular weight is 210 g/mol. The van der Waals surface area contributed by atoms with Gasteiger partial charge in [-0.15, -0.1) is 0 Å². The number of rotatable bonds is 4. The molecular weight excluding hydrogens is 195 g/mol. The van der Waals surface area contributed by atoms with E-state index in [2.05, 4.69) is 0 Å². The minimum Gasteiger partial charge on any atom is -0.479 e. The molecule has 1 atom stereocenters. The molecule has 0 heterocycles. The quantitative estimate of drug-likeness (QED) is 0.829. The van der Waals surface area contributed by atoms with Crippen molar-refractivity contribution in [3.8, 4) is 0 Å². The Labute approximate surface area is 88.7 Å². The van der Waals surface area contributed by atoms with Crippen LogP contribution in [0.25, 0.3) is 0 Å². The molecule has 0 bridgehead atoms. The predicted molar refractivity (Wildman–Crippen MR) is 56.3 cm³/mol. The van der Waals surface area contributed by atoms with Crippen molar-refractivity contribution in [3.05, 3.63) is 35.9 Å². The van der Waals surface area contributed by atoms with Crippen LogP contribution in [0.15, 0.2) is 30.3 Å². The Morgan fingerprint density at radius 2 is 1.93 bits per heavy atom. The standard InChI is InChI=1S/C12H15FO2/c1-9(2)8-12(13,11(14)15)10-6-4-3-5-7-10/h3-7,9H,8H2,1-2H3,(H,14,15). The van der Waals surface area contributed by atoms with Crippen molar-refractivity contribution in [1.29, 1.82) is 0 Å². The normalized spacial score (nSPS) is 14.9. The molecule has 1 unspecified atom stereocenters. The van der Waals surface area contributed by atoms with E-state index in [1.165, 1.54) is 12.1 Å². The largest absolute Gasteiger partial charge is 0.479 e. The maximum absolute atomic E-state index is 14.3. The molecule has 1 rings (SSSR count). The van der Waals surface area contributed by atoms with Gasteiger partial charge >= 0.3 is 5.97 Å². The molecule has 0 amide bonds. The highest BCUT2D eigenvalue weighted by molar-refractivity contribution is 5.79. The predicted octanol–water partition coefficient (Wildman–Crippen LogP) is 2.98. The number of benzene rings is 1. The van der Waals surface area contributed by atoms with Crippen LogP contribution in [0.3, 0.4) is 0 Å². The van der Waals surface area contributed by atoms with Gasteiger partial charge < -0.3 is 5.11 Å². The van der Waals surface area contributed by atoms with E-state index in [1.807, 2.05) is 0 Å². The van der Waals surface area contributed by atoms with E-state index in [-0.39, 0.29) is 17.9 Å². The SMILES string of the molecule is CC(C)CC(F)(C(=O)O)c1ccccc1. The van der Waals surface area contributed by atoms with E-state index in [9.17, 15) is 9.18 Å². The monoisotopic (exact) mass is 210 g/mol. The summed E-state index contributed by atoms with van der Waals surface area (Å²) in [4.78, 5) is 11.0. The molecule has 0 fully saturated rings. The van der Waals surface area contributed by atoms with Gasteiger partial charge in [0.05, 0.1) is 0 Å². The van der Waals surface area contributed by atoms with Crippen molar-refractivity contribution in [2.75, 3.05) is 0 Å². The fourth-order valence-electron chi connectivity index (χ4n) is 1.59. The zero-order valence-corrected chi connectivity index (χ0v) is 8.90. The Morgan fingerprint density at radius 1 is 1.40 bits per heavy atom. The third-order valence-electron chi connectivity index (χ3n) is 2.26. The second kappa shape index (κ2) is 4.43. The summed E-state index contributed by atoms with van der Waals surface area (Å²) in [5.74, 6) is -1.42. The Bertz CT molecular complexity index is 335. The summed E-state index contributed by atoms with van der Waals surface area (Å²) in [5, 5.41) is 8.96. The van der Waals surface area contributed by atoms with Gasteiger partial charge in [0, 0.05) is 5.56 Å². The maximum Gasteiger partial charge on any atom is 0.346 e. The van der Waals surface area contributed by atoms with Crippen LogP contribution in [0.2, 0.25) is 0 Å². The second-order valence-electron chi connectivity index (χ2n) is 4.07. The summed E-state index contributed by atoms with van der Waals surface area (Å²) < 4.78 is 14.3. The highest BCUT2D eigenvalue weighted by Crippen LogP contribution is 2.33. The minimum atomic E-state index is -2.27. The number of hydrogen-bond donors (Lipinski definition) is 1. The highest BCUT2D eigenvalue weighted by Gasteiger charge is 2.40. The Balaban J connectivity index is 3.07. The molecule has 1 aromatic rings. The van der Waals surface area contributed by atoms with E-state index >= 15 is 0 Å². The van der Waals surface area contributed by atoms with Gasteiger partial charge in [-0.25, -0.2) is 9.18 Å². The van der Waals surface area contributed by atoms with Crippen molar-refractivity contribution in [3.63, 3.8) is 0 Å². The summed E-state index contributed by atoms with van der Waals surface area (Å²) in [7, 11) is 0. The second-order valence-corrected chi connectivity index (χ2v) is 4.07. The third kappa shape index (κ3) is 2.55. The Hall–Kier alpha value is -1.38. The van der Waals surface area contributed by atoms with Gasteiger partial charge in [-0.05, 0) is 12.3 Å². The van der Waals surface area contributed by atoms with Crippen molar-refractivity contribution in [2.24, 2.45) is 5.92 Å². The number of carbonyl (C=O) groups is 1. The van der Waals surface area contributed by atoms with Gasteiger partial charge in [0.15, 0.2) is 0 Å². The zero-order chi connectivity index (χ0) is 11.5. The number of carboxylic acids is 1. The molecule has 2 nitrogen and oxygen atoms in total. The highest BCUT2D eigenvalue weighted by atomic mass is 19.1. The van der Waals surface area contributed by atoms with Crippen LogP contribution in [0.4, 0.5) is 4.39 Å². The lowest BCUT2D eigenvalue weighted by Gasteiger charge is -2.22. The number of alkyl halides is 1. The van der Waals surface area contributed by atoms with Crippen molar-refractivity contribution >= 4 is 5.97 Å².